The molecule has 0 radical (unpaired) electrons. The van der Waals surface area contributed by atoms with Gasteiger partial charge in [0.1, 0.15) is 17.0 Å². The van der Waals surface area contributed by atoms with Crippen LogP contribution in [0.4, 0.5) is 0 Å². The Balaban J connectivity index is 1.66. The molecule has 1 aliphatic rings. The molecular weight excluding hydrogens is 288 g/mol. The quantitative estimate of drug-likeness (QED) is 0.725. The van der Waals surface area contributed by atoms with Crippen molar-refractivity contribution in [2.75, 3.05) is 13.7 Å². The van der Waals surface area contributed by atoms with Gasteiger partial charge in [-0.3, -0.25) is 0 Å². The molecule has 1 fully saturated rings. The van der Waals surface area contributed by atoms with Crippen LogP contribution in [0, 0.1) is 12.8 Å². The number of rotatable bonds is 5. The summed E-state index contributed by atoms with van der Waals surface area (Å²) in [5.74, 6) is 1.92. The van der Waals surface area contributed by atoms with Gasteiger partial charge >= 0.3 is 0 Å². The first-order valence-electron chi connectivity index (χ1n) is 8.57. The Morgan fingerprint density at radius 3 is 3.17 bits per heavy atom. The van der Waals surface area contributed by atoms with E-state index in [1.54, 1.807) is 7.11 Å². The smallest absolute Gasteiger partial charge is 0.139 e. The molecule has 4 rings (SSSR count). The van der Waals surface area contributed by atoms with Gasteiger partial charge in [-0.2, -0.15) is 0 Å². The average Bonchev–Trinajstić information content (AvgIpc) is 3.23. The highest BCUT2D eigenvalue weighted by atomic mass is 16.5. The molecule has 23 heavy (non-hydrogen) atoms. The second-order valence-electron chi connectivity index (χ2n) is 6.73. The normalized spacial score (nSPS) is 21.7. The molecule has 3 heterocycles. The number of aromatic nitrogens is 4. The molecule has 2 atom stereocenters. The number of nitrogens with zero attached hydrogens (tertiary/aromatic N) is 3. The van der Waals surface area contributed by atoms with Crippen molar-refractivity contribution in [3.05, 3.63) is 24.3 Å². The number of hydrogen-bond donors (Lipinski definition) is 1. The summed E-state index contributed by atoms with van der Waals surface area (Å²) in [5, 5.41) is 1.19. The lowest BCUT2D eigenvalue weighted by Crippen LogP contribution is -2.08. The molecule has 0 saturated heterocycles. The highest BCUT2D eigenvalue weighted by Crippen LogP contribution is 2.40. The molecule has 2 unspecified atom stereocenters. The first-order chi connectivity index (χ1) is 11.3. The molecule has 0 amide bonds. The van der Waals surface area contributed by atoms with E-state index in [2.05, 4.69) is 27.5 Å². The zero-order chi connectivity index (χ0) is 15.8. The number of H-pyrrole nitrogens is 1. The lowest BCUT2D eigenvalue weighted by atomic mass is 10.0. The Morgan fingerprint density at radius 1 is 1.39 bits per heavy atom. The van der Waals surface area contributed by atoms with Gasteiger partial charge in [0.25, 0.3) is 0 Å². The summed E-state index contributed by atoms with van der Waals surface area (Å²) >= 11 is 0. The standard InChI is InChI=1S/C18H24N4O/c1-12-21-16-11-20-18-15(7-8-19-18)17(16)22(12)14-6-5-13(10-14)4-3-9-23-2/h7-8,11,13-14H,3-6,9-10H2,1-2H3,(H,19,20). The van der Waals surface area contributed by atoms with Crippen LogP contribution in [0.1, 0.15) is 44.0 Å². The summed E-state index contributed by atoms with van der Waals surface area (Å²) in [6.45, 7) is 3.00. The van der Waals surface area contributed by atoms with Crippen molar-refractivity contribution in [3.8, 4) is 0 Å². The number of nitrogens with one attached hydrogen (secondary N) is 1. The Hall–Kier alpha value is -1.88. The SMILES string of the molecule is COCCCC1CCC(n2c(C)nc3cnc4[nH]ccc4c32)C1. The highest BCUT2D eigenvalue weighted by molar-refractivity contribution is 6.01. The lowest BCUT2D eigenvalue weighted by Gasteiger charge is -2.16. The zero-order valence-electron chi connectivity index (χ0n) is 13.9. The maximum atomic E-state index is 5.19. The van der Waals surface area contributed by atoms with Crippen LogP contribution in [-0.2, 0) is 4.74 Å². The van der Waals surface area contributed by atoms with Crippen LogP contribution >= 0.6 is 0 Å². The van der Waals surface area contributed by atoms with E-state index in [-0.39, 0.29) is 0 Å². The summed E-state index contributed by atoms with van der Waals surface area (Å²) in [5.41, 5.74) is 3.21. The summed E-state index contributed by atoms with van der Waals surface area (Å²) < 4.78 is 7.65. The van der Waals surface area contributed by atoms with Crippen molar-refractivity contribution >= 4 is 22.1 Å². The van der Waals surface area contributed by atoms with Crippen molar-refractivity contribution in [1.29, 1.82) is 0 Å². The minimum Gasteiger partial charge on any atom is -0.385 e. The van der Waals surface area contributed by atoms with Crippen LogP contribution in [0.15, 0.2) is 18.5 Å². The maximum absolute atomic E-state index is 5.19. The zero-order valence-corrected chi connectivity index (χ0v) is 13.9. The molecule has 1 N–H and O–H groups in total. The Morgan fingerprint density at radius 2 is 2.30 bits per heavy atom. The monoisotopic (exact) mass is 312 g/mol. The molecule has 0 spiro atoms. The maximum Gasteiger partial charge on any atom is 0.139 e. The summed E-state index contributed by atoms with van der Waals surface area (Å²) in [6, 6.07) is 2.68. The first kappa shape index (κ1) is 14.7. The second-order valence-corrected chi connectivity index (χ2v) is 6.73. The van der Waals surface area contributed by atoms with E-state index < -0.39 is 0 Å². The van der Waals surface area contributed by atoms with Crippen molar-refractivity contribution in [1.82, 2.24) is 19.5 Å². The van der Waals surface area contributed by atoms with Crippen LogP contribution in [0.3, 0.4) is 0 Å². The first-order valence-corrected chi connectivity index (χ1v) is 8.57. The molecule has 122 valence electrons. The summed E-state index contributed by atoms with van der Waals surface area (Å²) in [6.07, 6.45) is 10.1. The minimum atomic E-state index is 0.563. The van der Waals surface area contributed by atoms with Crippen LogP contribution in [0.2, 0.25) is 0 Å². The molecule has 5 heteroatoms. The highest BCUT2D eigenvalue weighted by Gasteiger charge is 2.28. The van der Waals surface area contributed by atoms with Crippen molar-refractivity contribution in [2.45, 2.75) is 45.1 Å². The van der Waals surface area contributed by atoms with Gasteiger partial charge in [-0.05, 0) is 51.0 Å². The van der Waals surface area contributed by atoms with Gasteiger partial charge in [0.15, 0.2) is 0 Å². The number of ether oxygens (including phenoxy) is 1. The molecule has 5 nitrogen and oxygen atoms in total. The number of hydrogen-bond acceptors (Lipinski definition) is 3. The third kappa shape index (κ3) is 2.53. The van der Waals surface area contributed by atoms with Crippen LogP contribution in [0.5, 0.6) is 0 Å². The fraction of sp³-hybridized carbons (Fsp3) is 0.556. The van der Waals surface area contributed by atoms with Crippen LogP contribution in [-0.4, -0.2) is 33.2 Å². The number of methoxy groups -OCH3 is 1. The minimum absolute atomic E-state index is 0.563. The number of aromatic amines is 1. The largest absolute Gasteiger partial charge is 0.385 e. The van der Waals surface area contributed by atoms with Gasteiger partial charge in [0.05, 0.1) is 11.7 Å². The van der Waals surface area contributed by atoms with Gasteiger partial charge in [-0.25, -0.2) is 9.97 Å². The number of aryl methyl sites for hydroxylation is 1. The molecule has 3 aromatic rings. The van der Waals surface area contributed by atoms with Gasteiger partial charge in [-0.15, -0.1) is 0 Å². The van der Waals surface area contributed by atoms with Crippen LogP contribution < -0.4 is 0 Å². The third-order valence-electron chi connectivity index (χ3n) is 5.25. The van der Waals surface area contributed by atoms with Gasteiger partial charge in [0, 0.05) is 31.3 Å². The predicted octanol–water partition coefficient (Wildman–Crippen LogP) is 3.99. The van der Waals surface area contributed by atoms with Crippen molar-refractivity contribution < 1.29 is 4.74 Å². The lowest BCUT2D eigenvalue weighted by molar-refractivity contribution is 0.186. The van der Waals surface area contributed by atoms with Gasteiger partial charge < -0.3 is 14.3 Å². The van der Waals surface area contributed by atoms with E-state index in [9.17, 15) is 0 Å². The molecule has 1 saturated carbocycles. The third-order valence-corrected chi connectivity index (χ3v) is 5.25. The van der Waals surface area contributed by atoms with Gasteiger partial charge in [-0.1, -0.05) is 0 Å². The van der Waals surface area contributed by atoms with Crippen LogP contribution in [0.25, 0.3) is 22.1 Å². The molecular formula is C18H24N4O. The number of pyridine rings is 1. The molecule has 1 aliphatic carbocycles. The van der Waals surface area contributed by atoms with E-state index in [0.29, 0.717) is 6.04 Å². The number of imidazole rings is 1. The molecule has 3 aromatic heterocycles. The van der Waals surface area contributed by atoms with Gasteiger partial charge in [0.2, 0.25) is 0 Å². The van der Waals surface area contributed by atoms with E-state index in [0.717, 1.165) is 29.5 Å². The Kier molecular flexibility index (Phi) is 3.81. The fourth-order valence-electron chi connectivity index (χ4n) is 4.22. The van der Waals surface area contributed by atoms with E-state index >= 15 is 0 Å². The summed E-state index contributed by atoms with van der Waals surface area (Å²) in [7, 11) is 1.79. The summed E-state index contributed by atoms with van der Waals surface area (Å²) in [4.78, 5) is 12.4. The fourth-order valence-corrected chi connectivity index (χ4v) is 4.22. The second kappa shape index (κ2) is 5.96. The molecule has 0 aromatic carbocycles. The molecule has 0 aliphatic heterocycles. The Bertz CT molecular complexity index is 819. The van der Waals surface area contributed by atoms with Crippen molar-refractivity contribution in [3.63, 3.8) is 0 Å². The Labute approximate surface area is 136 Å². The average molecular weight is 312 g/mol. The van der Waals surface area contributed by atoms with E-state index in [1.165, 1.54) is 43.0 Å². The topological polar surface area (TPSA) is 55.7 Å². The van der Waals surface area contributed by atoms with E-state index in [1.807, 2.05) is 12.4 Å². The van der Waals surface area contributed by atoms with E-state index in [4.69, 9.17) is 9.72 Å². The molecule has 0 bridgehead atoms. The predicted molar refractivity (Wildman–Crippen MR) is 91.6 cm³/mol. The number of fused-ring (bicyclic) bond motifs is 3. The van der Waals surface area contributed by atoms with Crippen molar-refractivity contribution in [2.24, 2.45) is 5.92 Å².